The van der Waals surface area contributed by atoms with Gasteiger partial charge in [0.1, 0.15) is 27.3 Å². The van der Waals surface area contributed by atoms with Gasteiger partial charge in [-0.05, 0) is 80.6 Å². The van der Waals surface area contributed by atoms with Crippen LogP contribution in [0.1, 0.15) is 70.9 Å². The van der Waals surface area contributed by atoms with Crippen LogP contribution in [0.5, 0.6) is 0 Å². The summed E-state index contributed by atoms with van der Waals surface area (Å²) in [5.41, 5.74) is 12.1. The van der Waals surface area contributed by atoms with E-state index in [-0.39, 0.29) is 15.7 Å². The van der Waals surface area contributed by atoms with Gasteiger partial charge in [-0.25, -0.2) is 16.8 Å². The van der Waals surface area contributed by atoms with E-state index < -0.39 is 31.1 Å². The standard InChI is InChI=1S/C35H44N6O7S2/c1-34(2)27-23-25(49(43,44)45)16-18-29(27)40(5)31(34)13-8-6-9-14-32-35(3,4)28-24-26(50(46,47)48)17-19-30(28)41(32)22-11-7-10-15-33(42)37-20-12-21-38-39-36/h6,8-9,13-14,16-19,23-24H,7,10-12,15,20-22H2,1-5H3,(H2-,37,42,43,44,45,46,47,48)/p-1. The molecule has 268 valence electrons. The van der Waals surface area contributed by atoms with Crippen LogP contribution in [0.3, 0.4) is 0 Å². The van der Waals surface area contributed by atoms with Gasteiger partial charge in [-0.15, -0.1) is 0 Å². The second-order valence-corrected chi connectivity index (χ2v) is 16.1. The molecule has 13 nitrogen and oxygen atoms in total. The second-order valence-electron chi connectivity index (χ2n) is 13.4. The topological polar surface area (TPSA) is 199 Å². The maximum absolute atomic E-state index is 12.2. The molecular formula is C35H43N6O7S2-. The Labute approximate surface area is 294 Å². The molecule has 0 unspecified atom stereocenters. The number of nitrogens with zero attached hydrogens (tertiary/aromatic N) is 5. The first-order valence-corrected chi connectivity index (χ1v) is 19.1. The zero-order chi connectivity index (χ0) is 36.9. The molecule has 2 aromatic carbocycles. The predicted molar refractivity (Wildman–Crippen MR) is 190 cm³/mol. The largest absolute Gasteiger partial charge is 0.744 e. The molecule has 1 N–H and O–H groups in total. The minimum Gasteiger partial charge on any atom is -0.744 e. The monoisotopic (exact) mass is 723 g/mol. The van der Waals surface area contributed by atoms with Crippen LogP contribution < -0.4 is 10.2 Å². The summed E-state index contributed by atoms with van der Waals surface area (Å²) in [6.07, 6.45) is 12.7. The molecule has 0 fully saturated rings. The van der Waals surface area contributed by atoms with E-state index in [1.54, 1.807) is 12.1 Å². The summed E-state index contributed by atoms with van der Waals surface area (Å²) in [4.78, 5) is 16.4. The van der Waals surface area contributed by atoms with Crippen LogP contribution in [0.15, 0.2) is 87.4 Å². The van der Waals surface area contributed by atoms with Crippen molar-refractivity contribution in [1.29, 1.82) is 0 Å². The summed E-state index contributed by atoms with van der Waals surface area (Å²) < 4.78 is 72.6. The second kappa shape index (κ2) is 15.3. The number of benzene rings is 2. The Morgan fingerprint density at radius 2 is 1.58 bits per heavy atom. The summed E-state index contributed by atoms with van der Waals surface area (Å²) in [6, 6.07) is 8.88. The number of amides is 1. The molecule has 0 atom stereocenters. The van der Waals surface area contributed by atoms with Crippen LogP contribution in [0.4, 0.5) is 11.4 Å². The molecular weight excluding hydrogens is 681 g/mol. The lowest BCUT2D eigenvalue weighted by atomic mass is 9.81. The van der Waals surface area contributed by atoms with Gasteiger partial charge in [-0.1, -0.05) is 43.6 Å². The quantitative estimate of drug-likeness (QED) is 0.0461. The summed E-state index contributed by atoms with van der Waals surface area (Å²) in [5, 5.41) is 6.28. The first kappa shape index (κ1) is 38.5. The average Bonchev–Trinajstić information content (AvgIpc) is 3.37. The highest BCUT2D eigenvalue weighted by Crippen LogP contribution is 2.48. The number of rotatable bonds is 15. The Bertz CT molecular complexity index is 2040. The molecule has 2 heterocycles. The van der Waals surface area contributed by atoms with Crippen molar-refractivity contribution in [3.63, 3.8) is 0 Å². The number of carbonyl (C=O) groups is 1. The van der Waals surface area contributed by atoms with E-state index in [1.165, 1.54) is 24.3 Å². The molecule has 15 heteroatoms. The Balaban J connectivity index is 1.51. The Kier molecular flexibility index (Phi) is 11.8. The van der Waals surface area contributed by atoms with Crippen molar-refractivity contribution in [3.05, 3.63) is 94.0 Å². The van der Waals surface area contributed by atoms with Gasteiger partial charge in [-0.3, -0.25) is 4.79 Å². The number of anilines is 1. The number of allylic oxidation sites excluding steroid dienone is 6. The fourth-order valence-electron chi connectivity index (χ4n) is 6.62. The summed E-state index contributed by atoms with van der Waals surface area (Å²) >= 11 is 0. The highest BCUT2D eigenvalue weighted by atomic mass is 32.2. The first-order valence-electron chi connectivity index (χ1n) is 16.3. The molecule has 2 aliphatic rings. The first-order chi connectivity index (χ1) is 23.4. The molecule has 0 bridgehead atoms. The van der Waals surface area contributed by atoms with E-state index in [2.05, 4.69) is 20.2 Å². The van der Waals surface area contributed by atoms with Crippen molar-refractivity contribution >= 4 is 43.2 Å². The number of nitrogens with one attached hydrogen (secondary N) is 1. The van der Waals surface area contributed by atoms with Crippen LogP contribution in [0, 0.1) is 0 Å². The molecule has 0 spiro atoms. The van der Waals surface area contributed by atoms with Gasteiger partial charge < -0.3 is 19.3 Å². The molecule has 0 saturated heterocycles. The molecule has 0 aromatic heterocycles. The normalized spacial score (nSPS) is 17.4. The molecule has 4 rings (SSSR count). The molecule has 2 aromatic rings. The number of hydrogen-bond donors (Lipinski definition) is 1. The number of fused-ring (bicyclic) bond motifs is 2. The molecule has 1 amide bonds. The fraction of sp³-hybridized carbons (Fsp3) is 0.429. The van der Waals surface area contributed by atoms with E-state index in [4.69, 9.17) is 5.53 Å². The molecule has 0 saturated carbocycles. The van der Waals surface area contributed by atoms with Gasteiger partial charge >= 0.3 is 0 Å². The minimum absolute atomic E-state index is 0.0573. The lowest BCUT2D eigenvalue weighted by Crippen LogP contribution is -2.27. The summed E-state index contributed by atoms with van der Waals surface area (Å²) in [7, 11) is -7.36. The predicted octanol–water partition coefficient (Wildman–Crippen LogP) is 5.67. The molecule has 50 heavy (non-hydrogen) atoms. The van der Waals surface area contributed by atoms with Gasteiger partial charge in [-0.2, -0.15) is 4.58 Å². The highest BCUT2D eigenvalue weighted by molar-refractivity contribution is 7.86. The Morgan fingerprint density at radius 1 is 0.920 bits per heavy atom. The summed E-state index contributed by atoms with van der Waals surface area (Å²) in [5.74, 6) is -0.0573. The van der Waals surface area contributed by atoms with E-state index in [9.17, 15) is 30.7 Å². The lowest BCUT2D eigenvalue weighted by molar-refractivity contribution is -0.401. The third-order valence-corrected chi connectivity index (χ3v) is 10.9. The zero-order valence-corrected chi connectivity index (χ0v) is 30.6. The van der Waals surface area contributed by atoms with Crippen LogP contribution in [0.25, 0.3) is 10.4 Å². The van der Waals surface area contributed by atoms with Crippen LogP contribution in [-0.2, 0) is 35.9 Å². The number of carbonyl (C=O) groups excluding carboxylic acids is 1. The zero-order valence-electron chi connectivity index (χ0n) is 28.9. The van der Waals surface area contributed by atoms with E-state index in [0.717, 1.165) is 46.8 Å². The van der Waals surface area contributed by atoms with Gasteiger partial charge in [0.2, 0.25) is 11.6 Å². The van der Waals surface area contributed by atoms with Gasteiger partial charge in [0.25, 0.3) is 0 Å². The number of hydrogen-bond acceptors (Lipinski definition) is 9. The van der Waals surface area contributed by atoms with Gasteiger partial charge in [0.05, 0.1) is 15.2 Å². The third-order valence-electron chi connectivity index (χ3n) is 9.28. The van der Waals surface area contributed by atoms with Gasteiger partial charge in [0.15, 0.2) is 5.71 Å². The van der Waals surface area contributed by atoms with E-state index in [0.29, 0.717) is 38.9 Å². The van der Waals surface area contributed by atoms with E-state index in [1.807, 2.05) is 69.7 Å². The Morgan fingerprint density at radius 3 is 2.24 bits per heavy atom. The third kappa shape index (κ3) is 8.53. The molecule has 0 radical (unpaired) electrons. The smallest absolute Gasteiger partial charge is 0.219 e. The van der Waals surface area contributed by atoms with Crippen LogP contribution in [-0.4, -0.2) is 68.8 Å². The number of unbranched alkanes of at least 4 members (excludes halogenated alkanes) is 2. The van der Waals surface area contributed by atoms with E-state index >= 15 is 0 Å². The lowest BCUT2D eigenvalue weighted by Gasteiger charge is -2.27. The van der Waals surface area contributed by atoms with Crippen molar-refractivity contribution in [2.24, 2.45) is 5.11 Å². The van der Waals surface area contributed by atoms with Crippen molar-refractivity contribution < 1.29 is 35.3 Å². The van der Waals surface area contributed by atoms with Crippen LogP contribution >= 0.6 is 0 Å². The van der Waals surface area contributed by atoms with Crippen molar-refractivity contribution in [2.75, 3.05) is 31.6 Å². The molecule has 2 aliphatic heterocycles. The molecule has 0 aliphatic carbocycles. The van der Waals surface area contributed by atoms with Crippen molar-refractivity contribution in [1.82, 2.24) is 5.32 Å². The minimum atomic E-state index is -4.65. The highest BCUT2D eigenvalue weighted by Gasteiger charge is 2.43. The average molecular weight is 724 g/mol. The number of azide groups is 1. The maximum atomic E-state index is 12.2. The Hall–Kier alpha value is -4.27. The summed E-state index contributed by atoms with van der Waals surface area (Å²) in [6.45, 7) is 9.29. The van der Waals surface area contributed by atoms with Crippen molar-refractivity contribution in [2.45, 2.75) is 80.4 Å². The van der Waals surface area contributed by atoms with Gasteiger partial charge in [0, 0.05) is 65.5 Å². The fourth-order valence-corrected chi connectivity index (χ4v) is 7.62. The van der Waals surface area contributed by atoms with Crippen molar-refractivity contribution in [3.8, 4) is 0 Å². The maximum Gasteiger partial charge on any atom is 0.219 e. The SMILES string of the molecule is C[N+]1=C(/C=C/C=C/C=C2/N(CCCCCC(=O)NCCCN=[N+]=[N-])c3ccc(S(=O)(=O)[O-])cc3C2(C)C)C(C)(C)c2cc(S(=O)(=O)[O-])ccc21. The van der Waals surface area contributed by atoms with Crippen LogP contribution in [0.2, 0.25) is 0 Å².